The lowest BCUT2D eigenvalue weighted by Gasteiger charge is -1.98. The molecule has 2 radical (unpaired) electrons. The first-order valence-corrected chi connectivity index (χ1v) is 3.27. The Morgan fingerprint density at radius 1 is 1.36 bits per heavy atom. The molecule has 11 heavy (non-hydrogen) atoms. The van der Waals surface area contributed by atoms with Gasteiger partial charge in [-0.05, 0) is 19.1 Å². The van der Waals surface area contributed by atoms with Crippen LogP contribution >= 0.6 is 0 Å². The van der Waals surface area contributed by atoms with Crippen LogP contribution in [-0.2, 0) is 4.79 Å². The Bertz CT molecular complexity index is 229. The van der Waals surface area contributed by atoms with Gasteiger partial charge in [-0.15, -0.1) is 0 Å². The lowest BCUT2D eigenvalue weighted by molar-refractivity contribution is -0.116. The highest BCUT2D eigenvalue weighted by Gasteiger charge is 1.96. The summed E-state index contributed by atoms with van der Waals surface area (Å²) in [6.07, 6.45) is 0. The average Bonchev–Trinajstić information content (AvgIpc) is 2.03. The largest absolute Gasteiger partial charge is 0.469 e. The summed E-state index contributed by atoms with van der Waals surface area (Å²) < 4.78 is 4.87. The minimum absolute atomic E-state index is 0.214. The van der Waals surface area contributed by atoms with Gasteiger partial charge in [-0.1, -0.05) is 18.2 Å². The van der Waals surface area contributed by atoms with E-state index in [9.17, 15) is 4.79 Å². The molecule has 2 heteroatoms. The van der Waals surface area contributed by atoms with Gasteiger partial charge in [0.25, 0.3) is 6.61 Å². The first-order valence-electron chi connectivity index (χ1n) is 3.27. The second-order valence-electron chi connectivity index (χ2n) is 2.07. The molecule has 56 valence electrons. The van der Waals surface area contributed by atoms with Crippen LogP contribution in [0.4, 0.5) is 0 Å². The van der Waals surface area contributed by atoms with Crippen molar-refractivity contribution in [3.05, 3.63) is 36.9 Å². The van der Waals surface area contributed by atoms with E-state index in [0.29, 0.717) is 5.75 Å². The molecule has 0 N–H and O–H groups in total. The maximum Gasteiger partial charge on any atom is 0.268 e. The summed E-state index contributed by atoms with van der Waals surface area (Å²) in [4.78, 5) is 10.4. The molecule has 0 aliphatic carbocycles. The van der Waals surface area contributed by atoms with E-state index in [-0.39, 0.29) is 5.78 Å². The molecule has 0 saturated heterocycles. The van der Waals surface area contributed by atoms with Crippen molar-refractivity contribution in [1.82, 2.24) is 0 Å². The van der Waals surface area contributed by atoms with Gasteiger partial charge < -0.3 is 4.74 Å². The van der Waals surface area contributed by atoms with E-state index in [4.69, 9.17) is 4.74 Å². The number of ether oxygens (including phenoxy) is 1. The highest BCUT2D eigenvalue weighted by molar-refractivity contribution is 5.83. The summed E-state index contributed by atoms with van der Waals surface area (Å²) >= 11 is 0. The van der Waals surface area contributed by atoms with Crippen LogP contribution in [0.2, 0.25) is 0 Å². The molecule has 0 amide bonds. The summed E-state index contributed by atoms with van der Waals surface area (Å²) in [5, 5.41) is 0. The Morgan fingerprint density at radius 3 is 2.55 bits per heavy atom. The van der Waals surface area contributed by atoms with Crippen molar-refractivity contribution >= 4 is 5.78 Å². The summed E-state index contributed by atoms with van der Waals surface area (Å²) in [5.41, 5.74) is 0. The zero-order chi connectivity index (χ0) is 8.10. The standard InChI is InChI=1S/C9H8O2/c1-8(10)7-11-9-5-3-2-4-6-9/h2-6H,1H3. The zero-order valence-corrected chi connectivity index (χ0v) is 6.20. The smallest absolute Gasteiger partial charge is 0.268 e. The van der Waals surface area contributed by atoms with Crippen molar-refractivity contribution in [3.8, 4) is 5.75 Å². The van der Waals surface area contributed by atoms with Gasteiger partial charge in [-0.2, -0.15) is 0 Å². The summed E-state index contributed by atoms with van der Waals surface area (Å²) in [7, 11) is 0. The molecule has 0 heterocycles. The highest BCUT2D eigenvalue weighted by Crippen LogP contribution is 2.08. The van der Waals surface area contributed by atoms with E-state index < -0.39 is 0 Å². The normalized spacial score (nSPS) is 9.18. The quantitative estimate of drug-likeness (QED) is 0.652. The van der Waals surface area contributed by atoms with Gasteiger partial charge in [0.05, 0.1) is 0 Å². The second kappa shape index (κ2) is 3.76. The molecular weight excluding hydrogens is 140 g/mol. The highest BCUT2D eigenvalue weighted by atomic mass is 16.5. The van der Waals surface area contributed by atoms with E-state index in [1.54, 1.807) is 12.1 Å². The molecule has 0 bridgehead atoms. The van der Waals surface area contributed by atoms with Crippen LogP contribution in [0.25, 0.3) is 0 Å². The third-order valence-corrected chi connectivity index (χ3v) is 1.06. The van der Waals surface area contributed by atoms with Crippen LogP contribution in [0.1, 0.15) is 6.92 Å². The van der Waals surface area contributed by atoms with Crippen LogP contribution in [0, 0.1) is 6.61 Å². The van der Waals surface area contributed by atoms with Gasteiger partial charge in [0.1, 0.15) is 5.75 Å². The van der Waals surface area contributed by atoms with Crippen molar-refractivity contribution in [1.29, 1.82) is 0 Å². The van der Waals surface area contributed by atoms with Gasteiger partial charge in [-0.25, -0.2) is 0 Å². The van der Waals surface area contributed by atoms with Crippen LogP contribution in [-0.4, -0.2) is 5.78 Å². The number of hydrogen-bond donors (Lipinski definition) is 0. The summed E-state index contributed by atoms with van der Waals surface area (Å²) in [6.45, 7) is 3.61. The molecular formula is C9H8O2. The maximum absolute atomic E-state index is 10.4. The number of ketones is 1. The molecule has 0 aliphatic rings. The maximum atomic E-state index is 10.4. The lowest BCUT2D eigenvalue weighted by Crippen LogP contribution is -1.98. The monoisotopic (exact) mass is 148 g/mol. The molecule has 0 fully saturated rings. The number of benzene rings is 1. The Hall–Kier alpha value is -1.31. The minimum atomic E-state index is -0.214. The van der Waals surface area contributed by atoms with Crippen molar-refractivity contribution in [2.45, 2.75) is 6.92 Å². The molecule has 0 saturated carbocycles. The first kappa shape index (κ1) is 7.79. The molecule has 1 aromatic rings. The molecule has 0 atom stereocenters. The molecule has 0 unspecified atom stereocenters. The first-order chi connectivity index (χ1) is 5.29. The third kappa shape index (κ3) is 2.85. The average molecular weight is 148 g/mol. The minimum Gasteiger partial charge on any atom is -0.469 e. The Kier molecular flexibility index (Phi) is 2.66. The Morgan fingerprint density at radius 2 is 2.00 bits per heavy atom. The molecule has 1 rings (SSSR count). The summed E-state index contributed by atoms with van der Waals surface area (Å²) in [5.74, 6) is 0.413. The van der Waals surface area contributed by atoms with E-state index in [1.807, 2.05) is 18.2 Å². The Labute approximate surface area is 65.8 Å². The van der Waals surface area contributed by atoms with E-state index >= 15 is 0 Å². The van der Waals surface area contributed by atoms with Gasteiger partial charge in [0.15, 0.2) is 5.78 Å². The topological polar surface area (TPSA) is 26.3 Å². The number of hydrogen-bond acceptors (Lipinski definition) is 2. The van der Waals surface area contributed by atoms with Crippen LogP contribution < -0.4 is 4.74 Å². The predicted octanol–water partition coefficient (Wildman–Crippen LogP) is 1.69. The van der Waals surface area contributed by atoms with E-state index in [2.05, 4.69) is 6.61 Å². The number of rotatable bonds is 3. The van der Waals surface area contributed by atoms with Crippen molar-refractivity contribution in [2.75, 3.05) is 0 Å². The van der Waals surface area contributed by atoms with Gasteiger partial charge in [0.2, 0.25) is 0 Å². The van der Waals surface area contributed by atoms with Crippen LogP contribution in [0.5, 0.6) is 5.75 Å². The molecule has 0 aliphatic heterocycles. The molecule has 2 nitrogen and oxygen atoms in total. The van der Waals surface area contributed by atoms with Gasteiger partial charge >= 0.3 is 0 Å². The van der Waals surface area contributed by atoms with E-state index in [1.165, 1.54) is 6.92 Å². The van der Waals surface area contributed by atoms with Crippen LogP contribution in [0.15, 0.2) is 30.3 Å². The Balaban J connectivity index is 2.45. The lowest BCUT2D eigenvalue weighted by atomic mass is 10.3. The predicted molar refractivity (Wildman–Crippen MR) is 41.0 cm³/mol. The zero-order valence-electron chi connectivity index (χ0n) is 6.20. The van der Waals surface area contributed by atoms with Crippen molar-refractivity contribution in [2.24, 2.45) is 0 Å². The van der Waals surface area contributed by atoms with Crippen LogP contribution in [0.3, 0.4) is 0 Å². The molecule has 0 spiro atoms. The van der Waals surface area contributed by atoms with Crippen molar-refractivity contribution in [3.63, 3.8) is 0 Å². The number of carbonyl (C=O) groups is 1. The number of Topliss-reactive ketones (excluding diaryl/α,β-unsaturated/α-hetero) is 1. The summed E-state index contributed by atoms with van der Waals surface area (Å²) in [6, 6.07) is 9.06. The SMILES string of the molecule is CC(=O)[C]Oc1ccccc1. The fourth-order valence-electron chi connectivity index (χ4n) is 0.619. The van der Waals surface area contributed by atoms with Gasteiger partial charge in [-0.3, -0.25) is 4.79 Å². The molecule has 1 aromatic carbocycles. The fourth-order valence-corrected chi connectivity index (χ4v) is 0.619. The molecule has 0 aromatic heterocycles. The van der Waals surface area contributed by atoms with Crippen molar-refractivity contribution < 1.29 is 9.53 Å². The number of carbonyl (C=O) groups excluding carboxylic acids is 1. The third-order valence-electron chi connectivity index (χ3n) is 1.06. The van der Waals surface area contributed by atoms with Gasteiger partial charge in [0, 0.05) is 0 Å². The fraction of sp³-hybridized carbons (Fsp3) is 0.111. The second-order valence-corrected chi connectivity index (χ2v) is 2.07. The van der Waals surface area contributed by atoms with E-state index in [0.717, 1.165) is 0 Å². The number of para-hydroxylation sites is 1.